The Balaban J connectivity index is 2.19. The summed E-state index contributed by atoms with van der Waals surface area (Å²) in [7, 11) is 0. The molecule has 0 saturated carbocycles. The summed E-state index contributed by atoms with van der Waals surface area (Å²) in [5.41, 5.74) is 1.38. The van der Waals surface area contributed by atoms with Gasteiger partial charge in [0.05, 0.1) is 6.61 Å². The molecule has 0 aromatic heterocycles. The standard InChI is InChI=1S/C25H45NO/c1-4-7-9-11-13-15-21-26-25(6-3)23-17-19-24(20-18-23)27-22-16-14-12-10-8-5-2/h17-20,25-26H,4-16,21-22H2,1-3H3. The molecule has 0 heterocycles. The zero-order chi connectivity index (χ0) is 19.6. The van der Waals surface area contributed by atoms with E-state index in [0.717, 1.165) is 25.3 Å². The second kappa shape index (κ2) is 17.1. The van der Waals surface area contributed by atoms with E-state index in [1.54, 1.807) is 0 Å². The minimum atomic E-state index is 0.466. The van der Waals surface area contributed by atoms with E-state index in [4.69, 9.17) is 4.74 Å². The second-order valence-corrected chi connectivity index (χ2v) is 7.87. The number of rotatable bonds is 18. The highest BCUT2D eigenvalue weighted by Gasteiger charge is 2.08. The molecule has 0 aliphatic heterocycles. The van der Waals surface area contributed by atoms with Crippen molar-refractivity contribution in [3.63, 3.8) is 0 Å². The normalized spacial score (nSPS) is 12.3. The van der Waals surface area contributed by atoms with Crippen LogP contribution in [0.25, 0.3) is 0 Å². The fourth-order valence-corrected chi connectivity index (χ4v) is 3.55. The summed E-state index contributed by atoms with van der Waals surface area (Å²) >= 11 is 0. The average molecular weight is 376 g/mol. The topological polar surface area (TPSA) is 21.3 Å². The van der Waals surface area contributed by atoms with E-state index in [1.165, 1.54) is 82.6 Å². The molecule has 1 N–H and O–H groups in total. The van der Waals surface area contributed by atoms with Crippen molar-refractivity contribution >= 4 is 0 Å². The molecule has 1 aromatic carbocycles. The van der Waals surface area contributed by atoms with Crippen molar-refractivity contribution in [2.45, 2.75) is 110 Å². The van der Waals surface area contributed by atoms with Crippen LogP contribution in [0.3, 0.4) is 0 Å². The first-order valence-corrected chi connectivity index (χ1v) is 11.8. The molecule has 0 radical (unpaired) electrons. The summed E-state index contributed by atoms with van der Waals surface area (Å²) in [6.07, 6.45) is 17.1. The molecule has 0 aliphatic carbocycles. The van der Waals surface area contributed by atoms with Gasteiger partial charge in [0, 0.05) is 6.04 Å². The Morgan fingerprint density at radius 3 is 1.85 bits per heavy atom. The SMILES string of the molecule is CCCCCCCCNC(CC)c1ccc(OCCCCCCCC)cc1. The van der Waals surface area contributed by atoms with Gasteiger partial charge < -0.3 is 10.1 Å². The van der Waals surface area contributed by atoms with Crippen LogP contribution in [0.1, 0.15) is 116 Å². The molecule has 2 nitrogen and oxygen atoms in total. The quantitative estimate of drug-likeness (QED) is 0.264. The van der Waals surface area contributed by atoms with Gasteiger partial charge in [-0.3, -0.25) is 0 Å². The predicted molar refractivity (Wildman–Crippen MR) is 120 cm³/mol. The van der Waals surface area contributed by atoms with Gasteiger partial charge in [-0.25, -0.2) is 0 Å². The molecule has 0 aliphatic rings. The van der Waals surface area contributed by atoms with E-state index in [-0.39, 0.29) is 0 Å². The lowest BCUT2D eigenvalue weighted by molar-refractivity contribution is 0.304. The molecule has 0 amide bonds. The highest BCUT2D eigenvalue weighted by molar-refractivity contribution is 5.29. The van der Waals surface area contributed by atoms with Gasteiger partial charge in [0.15, 0.2) is 0 Å². The van der Waals surface area contributed by atoms with Gasteiger partial charge in [-0.15, -0.1) is 0 Å². The molecular weight excluding hydrogens is 330 g/mol. The third kappa shape index (κ3) is 12.1. The smallest absolute Gasteiger partial charge is 0.119 e. The Morgan fingerprint density at radius 2 is 1.26 bits per heavy atom. The van der Waals surface area contributed by atoms with Crippen molar-refractivity contribution in [3.05, 3.63) is 29.8 Å². The van der Waals surface area contributed by atoms with E-state index in [2.05, 4.69) is 50.4 Å². The summed E-state index contributed by atoms with van der Waals surface area (Å²) in [6.45, 7) is 8.78. The van der Waals surface area contributed by atoms with Gasteiger partial charge >= 0.3 is 0 Å². The Hall–Kier alpha value is -1.02. The van der Waals surface area contributed by atoms with Crippen LogP contribution in [-0.2, 0) is 0 Å². The lowest BCUT2D eigenvalue weighted by Crippen LogP contribution is -2.21. The lowest BCUT2D eigenvalue weighted by atomic mass is 10.0. The molecule has 0 saturated heterocycles. The molecule has 1 unspecified atom stereocenters. The van der Waals surface area contributed by atoms with Crippen LogP contribution in [0.4, 0.5) is 0 Å². The molecule has 0 fully saturated rings. The Morgan fingerprint density at radius 1 is 0.704 bits per heavy atom. The fourth-order valence-electron chi connectivity index (χ4n) is 3.55. The summed E-state index contributed by atoms with van der Waals surface area (Å²) in [6, 6.07) is 9.22. The van der Waals surface area contributed by atoms with Crippen LogP contribution in [-0.4, -0.2) is 13.2 Å². The number of ether oxygens (including phenoxy) is 1. The number of hydrogen-bond donors (Lipinski definition) is 1. The maximum atomic E-state index is 5.91. The molecule has 2 heteroatoms. The number of benzene rings is 1. The first kappa shape index (κ1) is 24.0. The van der Waals surface area contributed by atoms with Crippen LogP contribution in [0.15, 0.2) is 24.3 Å². The lowest BCUT2D eigenvalue weighted by Gasteiger charge is -2.18. The molecular formula is C25H45NO. The third-order valence-electron chi connectivity index (χ3n) is 5.38. The van der Waals surface area contributed by atoms with Crippen molar-refractivity contribution in [3.8, 4) is 5.75 Å². The van der Waals surface area contributed by atoms with E-state index < -0.39 is 0 Å². The van der Waals surface area contributed by atoms with Gasteiger partial charge in [-0.1, -0.05) is 97.1 Å². The minimum absolute atomic E-state index is 0.466. The van der Waals surface area contributed by atoms with Crippen LogP contribution in [0.5, 0.6) is 5.75 Å². The van der Waals surface area contributed by atoms with Crippen LogP contribution in [0.2, 0.25) is 0 Å². The predicted octanol–water partition coefficient (Wildman–Crippen LogP) is 7.83. The molecule has 1 rings (SSSR count). The summed E-state index contributed by atoms with van der Waals surface area (Å²) < 4.78 is 5.91. The van der Waals surface area contributed by atoms with E-state index in [9.17, 15) is 0 Å². The number of unbranched alkanes of at least 4 members (excludes halogenated alkanes) is 10. The first-order chi connectivity index (χ1) is 13.3. The maximum Gasteiger partial charge on any atom is 0.119 e. The van der Waals surface area contributed by atoms with Crippen molar-refractivity contribution in [1.29, 1.82) is 0 Å². The minimum Gasteiger partial charge on any atom is -0.494 e. The molecule has 1 aromatic rings. The van der Waals surface area contributed by atoms with E-state index >= 15 is 0 Å². The molecule has 156 valence electrons. The van der Waals surface area contributed by atoms with Gasteiger partial charge in [0.25, 0.3) is 0 Å². The summed E-state index contributed by atoms with van der Waals surface area (Å²) in [4.78, 5) is 0. The summed E-state index contributed by atoms with van der Waals surface area (Å²) in [5, 5.41) is 3.73. The highest BCUT2D eigenvalue weighted by Crippen LogP contribution is 2.21. The van der Waals surface area contributed by atoms with Crippen molar-refractivity contribution in [1.82, 2.24) is 5.32 Å². The van der Waals surface area contributed by atoms with Gasteiger partial charge in [-0.2, -0.15) is 0 Å². The largest absolute Gasteiger partial charge is 0.494 e. The Kier molecular flexibility index (Phi) is 15.2. The summed E-state index contributed by atoms with van der Waals surface area (Å²) in [5.74, 6) is 1.01. The average Bonchev–Trinajstić information content (AvgIpc) is 2.70. The Labute approximate surface area is 169 Å². The second-order valence-electron chi connectivity index (χ2n) is 7.87. The molecule has 0 bridgehead atoms. The number of hydrogen-bond acceptors (Lipinski definition) is 2. The Bertz CT molecular complexity index is 428. The zero-order valence-corrected chi connectivity index (χ0v) is 18.4. The fraction of sp³-hybridized carbons (Fsp3) is 0.760. The molecule has 27 heavy (non-hydrogen) atoms. The van der Waals surface area contributed by atoms with Gasteiger partial charge in [0.2, 0.25) is 0 Å². The molecule has 0 spiro atoms. The van der Waals surface area contributed by atoms with E-state index in [1.807, 2.05) is 0 Å². The molecule has 1 atom stereocenters. The number of nitrogens with one attached hydrogen (secondary N) is 1. The van der Waals surface area contributed by atoms with Crippen molar-refractivity contribution in [2.75, 3.05) is 13.2 Å². The van der Waals surface area contributed by atoms with Gasteiger partial charge in [-0.05, 0) is 43.5 Å². The zero-order valence-electron chi connectivity index (χ0n) is 18.4. The van der Waals surface area contributed by atoms with Crippen LogP contribution < -0.4 is 10.1 Å². The first-order valence-electron chi connectivity index (χ1n) is 11.8. The van der Waals surface area contributed by atoms with E-state index in [0.29, 0.717) is 6.04 Å². The van der Waals surface area contributed by atoms with Gasteiger partial charge in [0.1, 0.15) is 5.75 Å². The van der Waals surface area contributed by atoms with Crippen LogP contribution >= 0.6 is 0 Å². The van der Waals surface area contributed by atoms with Crippen molar-refractivity contribution in [2.24, 2.45) is 0 Å². The van der Waals surface area contributed by atoms with Crippen LogP contribution in [0, 0.1) is 0 Å². The monoisotopic (exact) mass is 375 g/mol. The third-order valence-corrected chi connectivity index (χ3v) is 5.38. The van der Waals surface area contributed by atoms with Crippen molar-refractivity contribution < 1.29 is 4.74 Å². The highest BCUT2D eigenvalue weighted by atomic mass is 16.5. The maximum absolute atomic E-state index is 5.91.